The van der Waals surface area contributed by atoms with Crippen LogP contribution in [0, 0.1) is 0 Å². The van der Waals surface area contributed by atoms with Gasteiger partial charge in [-0.15, -0.1) is 10.2 Å². The number of Topliss-reactive ketones (excluding diaryl/α,β-unsaturated/α-hetero) is 1. The number of carbonyl (C=O) groups is 1. The molecule has 1 aromatic rings. The summed E-state index contributed by atoms with van der Waals surface area (Å²) in [7, 11) is 1.75. The maximum atomic E-state index is 11.0. The number of nitrogens with zero attached hydrogens (tertiary/aromatic N) is 3. The van der Waals surface area contributed by atoms with Gasteiger partial charge >= 0.3 is 0 Å². The first-order valence-electron chi connectivity index (χ1n) is 3.13. The molecule has 10 heavy (non-hydrogen) atoms. The van der Waals surface area contributed by atoms with E-state index in [1.807, 2.05) is 0 Å². The van der Waals surface area contributed by atoms with E-state index in [2.05, 4.69) is 10.2 Å². The third kappa shape index (κ3) is 1.05. The van der Waals surface area contributed by atoms with Gasteiger partial charge in [0.05, 0.1) is 0 Å². The van der Waals surface area contributed by atoms with Crippen molar-refractivity contribution in [3.8, 4) is 0 Å². The van der Waals surface area contributed by atoms with Gasteiger partial charge in [0.15, 0.2) is 11.6 Å². The largest absolute Gasteiger partial charge is 0.314 e. The molecule has 4 heteroatoms. The van der Waals surface area contributed by atoms with E-state index in [1.165, 1.54) is 6.33 Å². The minimum absolute atomic E-state index is 0.0278. The molecule has 0 aliphatic rings. The lowest BCUT2D eigenvalue weighted by atomic mass is 10.3. The number of hydrogen-bond acceptors (Lipinski definition) is 3. The SMILES string of the molecule is CCC(=O)c1nncn1C. The second-order valence-electron chi connectivity index (χ2n) is 2.04. The Balaban J connectivity index is 2.93. The van der Waals surface area contributed by atoms with Crippen molar-refractivity contribution >= 4 is 5.78 Å². The third-order valence-electron chi connectivity index (χ3n) is 1.28. The van der Waals surface area contributed by atoms with Gasteiger partial charge in [0.25, 0.3) is 0 Å². The summed E-state index contributed by atoms with van der Waals surface area (Å²) < 4.78 is 1.62. The van der Waals surface area contributed by atoms with Crippen molar-refractivity contribution in [2.75, 3.05) is 0 Å². The summed E-state index contributed by atoms with van der Waals surface area (Å²) in [6.45, 7) is 1.80. The van der Waals surface area contributed by atoms with E-state index in [-0.39, 0.29) is 5.78 Å². The molecule has 0 radical (unpaired) electrons. The Morgan fingerprint density at radius 3 is 2.90 bits per heavy atom. The van der Waals surface area contributed by atoms with Crippen LogP contribution in [0.2, 0.25) is 0 Å². The van der Waals surface area contributed by atoms with Crippen LogP contribution >= 0.6 is 0 Å². The smallest absolute Gasteiger partial charge is 0.199 e. The van der Waals surface area contributed by atoms with Crippen molar-refractivity contribution < 1.29 is 4.79 Å². The molecule has 4 nitrogen and oxygen atoms in total. The zero-order chi connectivity index (χ0) is 7.56. The Bertz CT molecular complexity index is 241. The second kappa shape index (κ2) is 2.60. The standard InChI is InChI=1S/C6H9N3O/c1-3-5(10)6-8-7-4-9(6)2/h4H,3H2,1-2H3. The summed E-state index contributed by atoms with van der Waals surface area (Å²) >= 11 is 0. The predicted molar refractivity (Wildman–Crippen MR) is 35.6 cm³/mol. The fourth-order valence-electron chi connectivity index (χ4n) is 0.694. The topological polar surface area (TPSA) is 47.8 Å². The normalized spacial score (nSPS) is 9.80. The molecule has 1 aromatic heterocycles. The molecule has 0 saturated heterocycles. The van der Waals surface area contributed by atoms with Gasteiger partial charge in [0.1, 0.15) is 6.33 Å². The second-order valence-corrected chi connectivity index (χ2v) is 2.04. The summed E-state index contributed by atoms with van der Waals surface area (Å²) in [5.41, 5.74) is 0. The maximum Gasteiger partial charge on any atom is 0.199 e. The molecule has 0 saturated carbocycles. The summed E-state index contributed by atoms with van der Waals surface area (Å²) in [5, 5.41) is 7.23. The highest BCUT2D eigenvalue weighted by Gasteiger charge is 2.07. The van der Waals surface area contributed by atoms with Gasteiger partial charge in [0, 0.05) is 13.5 Å². The fourth-order valence-corrected chi connectivity index (χ4v) is 0.694. The van der Waals surface area contributed by atoms with E-state index in [1.54, 1.807) is 18.5 Å². The van der Waals surface area contributed by atoms with Crippen molar-refractivity contribution in [3.05, 3.63) is 12.2 Å². The van der Waals surface area contributed by atoms with Gasteiger partial charge in [-0.25, -0.2) is 0 Å². The Kier molecular flexibility index (Phi) is 1.80. The first-order valence-corrected chi connectivity index (χ1v) is 3.13. The number of ketones is 1. The van der Waals surface area contributed by atoms with E-state index in [4.69, 9.17) is 0 Å². The lowest BCUT2D eigenvalue weighted by Crippen LogP contribution is -2.05. The zero-order valence-corrected chi connectivity index (χ0v) is 6.03. The van der Waals surface area contributed by atoms with Gasteiger partial charge in [-0.3, -0.25) is 4.79 Å². The van der Waals surface area contributed by atoms with E-state index in [0.717, 1.165) is 0 Å². The number of rotatable bonds is 2. The monoisotopic (exact) mass is 139 g/mol. The first kappa shape index (κ1) is 6.92. The molecule has 1 heterocycles. The molecule has 0 aromatic carbocycles. The average molecular weight is 139 g/mol. The lowest BCUT2D eigenvalue weighted by molar-refractivity contribution is 0.0975. The van der Waals surface area contributed by atoms with Gasteiger partial charge < -0.3 is 4.57 Å². The van der Waals surface area contributed by atoms with Gasteiger partial charge in [-0.2, -0.15) is 0 Å². The van der Waals surface area contributed by atoms with Crippen molar-refractivity contribution in [2.45, 2.75) is 13.3 Å². The number of hydrogen-bond donors (Lipinski definition) is 0. The average Bonchev–Trinajstić information content (AvgIpc) is 2.34. The molecule has 0 amide bonds. The predicted octanol–water partition coefficient (Wildman–Crippen LogP) is 0.408. The van der Waals surface area contributed by atoms with Crippen molar-refractivity contribution in [1.29, 1.82) is 0 Å². The van der Waals surface area contributed by atoms with Crippen LogP contribution in [0.5, 0.6) is 0 Å². The summed E-state index contributed by atoms with van der Waals surface area (Å²) in [6, 6.07) is 0. The van der Waals surface area contributed by atoms with E-state index < -0.39 is 0 Å². The third-order valence-corrected chi connectivity index (χ3v) is 1.28. The van der Waals surface area contributed by atoms with Crippen LogP contribution in [0.3, 0.4) is 0 Å². The quantitative estimate of drug-likeness (QED) is 0.557. The molecule has 1 rings (SSSR count). The van der Waals surface area contributed by atoms with Crippen LogP contribution in [0.15, 0.2) is 6.33 Å². The minimum atomic E-state index is 0.0278. The molecule has 0 N–H and O–H groups in total. The molecule has 0 fully saturated rings. The Morgan fingerprint density at radius 2 is 2.50 bits per heavy atom. The molecule has 0 aliphatic heterocycles. The molecule has 0 spiro atoms. The van der Waals surface area contributed by atoms with Gasteiger partial charge in [-0.1, -0.05) is 6.92 Å². The summed E-state index contributed by atoms with van der Waals surface area (Å²) in [5.74, 6) is 0.461. The van der Waals surface area contributed by atoms with Crippen molar-refractivity contribution in [3.63, 3.8) is 0 Å². The highest BCUT2D eigenvalue weighted by Crippen LogP contribution is 1.95. The van der Waals surface area contributed by atoms with E-state index in [9.17, 15) is 4.79 Å². The minimum Gasteiger partial charge on any atom is -0.314 e. The molecular formula is C6H9N3O. The van der Waals surface area contributed by atoms with Gasteiger partial charge in [0.2, 0.25) is 0 Å². The fraction of sp³-hybridized carbons (Fsp3) is 0.500. The van der Waals surface area contributed by atoms with Crippen LogP contribution < -0.4 is 0 Å². The molecule has 0 unspecified atom stereocenters. The number of aromatic nitrogens is 3. The van der Waals surface area contributed by atoms with Crippen LogP contribution in [0.1, 0.15) is 24.0 Å². The number of carbonyl (C=O) groups excluding carboxylic acids is 1. The molecule has 0 bridgehead atoms. The van der Waals surface area contributed by atoms with Crippen LogP contribution in [0.4, 0.5) is 0 Å². The summed E-state index contributed by atoms with van der Waals surface area (Å²) in [4.78, 5) is 11.0. The van der Waals surface area contributed by atoms with E-state index in [0.29, 0.717) is 12.2 Å². The Labute approximate surface area is 58.9 Å². The Morgan fingerprint density at radius 1 is 1.80 bits per heavy atom. The van der Waals surface area contributed by atoms with Gasteiger partial charge in [-0.05, 0) is 0 Å². The molecule has 0 atom stereocenters. The van der Waals surface area contributed by atoms with Crippen LogP contribution in [0.25, 0.3) is 0 Å². The maximum absolute atomic E-state index is 11.0. The highest BCUT2D eigenvalue weighted by molar-refractivity contribution is 5.92. The Hall–Kier alpha value is -1.19. The van der Waals surface area contributed by atoms with E-state index >= 15 is 0 Å². The van der Waals surface area contributed by atoms with Crippen LogP contribution in [-0.4, -0.2) is 20.5 Å². The van der Waals surface area contributed by atoms with Crippen LogP contribution in [-0.2, 0) is 7.05 Å². The van der Waals surface area contributed by atoms with Crippen molar-refractivity contribution in [1.82, 2.24) is 14.8 Å². The first-order chi connectivity index (χ1) is 4.75. The molecular weight excluding hydrogens is 130 g/mol. The zero-order valence-electron chi connectivity index (χ0n) is 6.03. The molecule has 54 valence electrons. The number of aryl methyl sites for hydroxylation is 1. The highest BCUT2D eigenvalue weighted by atomic mass is 16.1. The summed E-state index contributed by atoms with van der Waals surface area (Å²) in [6.07, 6.45) is 2.00. The van der Waals surface area contributed by atoms with Crippen molar-refractivity contribution in [2.24, 2.45) is 7.05 Å². The molecule has 0 aliphatic carbocycles. The lowest BCUT2D eigenvalue weighted by Gasteiger charge is -1.93.